The van der Waals surface area contributed by atoms with Gasteiger partial charge in [-0.3, -0.25) is 4.79 Å². The van der Waals surface area contributed by atoms with Crippen LogP contribution in [0.3, 0.4) is 0 Å². The molecular formula is C19H22N2O3. The highest BCUT2D eigenvalue weighted by atomic mass is 16.5. The van der Waals surface area contributed by atoms with Gasteiger partial charge in [-0.2, -0.15) is 0 Å². The Balaban J connectivity index is 1.71. The molecule has 1 amide bonds. The van der Waals surface area contributed by atoms with Gasteiger partial charge in [0, 0.05) is 36.1 Å². The summed E-state index contributed by atoms with van der Waals surface area (Å²) in [4.78, 5) is 14.6. The zero-order valence-electron chi connectivity index (χ0n) is 14.0. The Kier molecular flexibility index (Phi) is 4.89. The van der Waals surface area contributed by atoms with Crippen molar-refractivity contribution in [3.05, 3.63) is 48.0 Å². The molecule has 126 valence electrons. The average Bonchev–Trinajstić information content (AvgIpc) is 2.61. The molecule has 1 aliphatic heterocycles. The molecule has 0 aliphatic carbocycles. The van der Waals surface area contributed by atoms with E-state index >= 15 is 0 Å². The first kappa shape index (κ1) is 16.2. The minimum atomic E-state index is -0.0537. The zero-order valence-corrected chi connectivity index (χ0v) is 14.0. The summed E-state index contributed by atoms with van der Waals surface area (Å²) >= 11 is 0. The van der Waals surface area contributed by atoms with Gasteiger partial charge in [0.1, 0.15) is 11.5 Å². The summed E-state index contributed by atoms with van der Waals surface area (Å²) < 4.78 is 10.5. The highest BCUT2D eigenvalue weighted by molar-refractivity contribution is 5.94. The quantitative estimate of drug-likeness (QED) is 0.917. The predicted molar refractivity (Wildman–Crippen MR) is 95.2 cm³/mol. The Morgan fingerprint density at radius 2 is 1.83 bits per heavy atom. The molecule has 5 heteroatoms. The van der Waals surface area contributed by atoms with Gasteiger partial charge in [0.2, 0.25) is 5.91 Å². The highest BCUT2D eigenvalue weighted by Gasteiger charge is 2.18. The van der Waals surface area contributed by atoms with Gasteiger partial charge >= 0.3 is 0 Å². The molecule has 0 spiro atoms. The monoisotopic (exact) mass is 326 g/mol. The number of benzene rings is 2. The third-order valence-corrected chi connectivity index (χ3v) is 4.18. The molecule has 24 heavy (non-hydrogen) atoms. The molecule has 1 aliphatic rings. The van der Waals surface area contributed by atoms with Crippen molar-refractivity contribution >= 4 is 17.3 Å². The molecule has 1 N–H and O–H groups in total. The number of aryl methyl sites for hydroxylation is 1. The molecule has 0 bridgehead atoms. The Morgan fingerprint density at radius 1 is 1.12 bits per heavy atom. The molecule has 1 heterocycles. The van der Waals surface area contributed by atoms with Gasteiger partial charge in [0.05, 0.1) is 20.8 Å². The van der Waals surface area contributed by atoms with Gasteiger partial charge in [-0.1, -0.05) is 18.2 Å². The number of para-hydroxylation sites is 1. The molecule has 0 fully saturated rings. The van der Waals surface area contributed by atoms with Crippen LogP contribution in [0.5, 0.6) is 11.5 Å². The number of rotatable bonds is 5. The SMILES string of the molecule is COc1cc(NC(=O)CN2CCCc3ccccc32)cc(OC)c1. The molecule has 0 atom stereocenters. The minimum absolute atomic E-state index is 0.0537. The lowest BCUT2D eigenvalue weighted by atomic mass is 10.0. The number of methoxy groups -OCH3 is 2. The zero-order chi connectivity index (χ0) is 16.9. The van der Waals surface area contributed by atoms with E-state index in [1.807, 2.05) is 12.1 Å². The second-order valence-corrected chi connectivity index (χ2v) is 5.80. The second-order valence-electron chi connectivity index (χ2n) is 5.80. The fraction of sp³-hybridized carbons (Fsp3) is 0.316. The van der Waals surface area contributed by atoms with Crippen molar-refractivity contribution in [3.63, 3.8) is 0 Å². The number of nitrogens with zero attached hydrogens (tertiary/aromatic N) is 1. The molecule has 0 saturated heterocycles. The summed E-state index contributed by atoms with van der Waals surface area (Å²) in [5, 5.41) is 2.93. The van der Waals surface area contributed by atoms with Gasteiger partial charge in [0.15, 0.2) is 0 Å². The summed E-state index contributed by atoms with van der Waals surface area (Å²) in [6.07, 6.45) is 2.14. The van der Waals surface area contributed by atoms with E-state index in [-0.39, 0.29) is 5.91 Å². The van der Waals surface area contributed by atoms with Crippen LogP contribution in [0.25, 0.3) is 0 Å². The van der Waals surface area contributed by atoms with Gasteiger partial charge < -0.3 is 19.7 Å². The molecule has 0 radical (unpaired) electrons. The van der Waals surface area contributed by atoms with Crippen LogP contribution in [0.4, 0.5) is 11.4 Å². The number of amides is 1. The first-order valence-electron chi connectivity index (χ1n) is 8.05. The van der Waals surface area contributed by atoms with E-state index in [1.54, 1.807) is 32.4 Å². The number of hydrogen-bond donors (Lipinski definition) is 1. The van der Waals surface area contributed by atoms with Crippen molar-refractivity contribution in [2.24, 2.45) is 0 Å². The number of carbonyl (C=O) groups is 1. The van der Waals surface area contributed by atoms with Crippen LogP contribution in [0, 0.1) is 0 Å². The normalized spacial score (nSPS) is 13.2. The molecule has 2 aromatic carbocycles. The summed E-state index contributed by atoms with van der Waals surface area (Å²) in [6.45, 7) is 1.22. The van der Waals surface area contributed by atoms with Gasteiger partial charge in [0.25, 0.3) is 0 Å². The Morgan fingerprint density at radius 3 is 2.54 bits per heavy atom. The van der Waals surface area contributed by atoms with E-state index < -0.39 is 0 Å². The predicted octanol–water partition coefficient (Wildman–Crippen LogP) is 3.10. The van der Waals surface area contributed by atoms with Crippen LogP contribution in [-0.4, -0.2) is 33.2 Å². The van der Waals surface area contributed by atoms with E-state index in [2.05, 4.69) is 22.3 Å². The molecule has 5 nitrogen and oxygen atoms in total. The van der Waals surface area contributed by atoms with Crippen LogP contribution >= 0.6 is 0 Å². The molecule has 0 unspecified atom stereocenters. The first-order chi connectivity index (χ1) is 11.7. The first-order valence-corrected chi connectivity index (χ1v) is 8.05. The number of hydrogen-bond acceptors (Lipinski definition) is 4. The topological polar surface area (TPSA) is 50.8 Å². The van der Waals surface area contributed by atoms with E-state index in [0.29, 0.717) is 23.7 Å². The van der Waals surface area contributed by atoms with E-state index in [0.717, 1.165) is 25.1 Å². The number of carbonyl (C=O) groups excluding carboxylic acids is 1. The standard InChI is InChI=1S/C19H22N2O3/c1-23-16-10-15(11-17(12-16)24-2)20-19(22)13-21-9-5-7-14-6-3-4-8-18(14)21/h3-4,6,8,10-12H,5,7,9,13H2,1-2H3,(H,20,22). The molecule has 3 rings (SSSR count). The summed E-state index contributed by atoms with van der Waals surface area (Å²) in [5.74, 6) is 1.24. The fourth-order valence-corrected chi connectivity index (χ4v) is 3.03. The second kappa shape index (κ2) is 7.25. The molecule has 2 aromatic rings. The van der Waals surface area contributed by atoms with Crippen LogP contribution < -0.4 is 19.7 Å². The fourth-order valence-electron chi connectivity index (χ4n) is 3.03. The molecule has 0 saturated carbocycles. The maximum Gasteiger partial charge on any atom is 0.243 e. The Labute approximate surface area is 142 Å². The third kappa shape index (κ3) is 3.62. The van der Waals surface area contributed by atoms with Gasteiger partial charge in [-0.15, -0.1) is 0 Å². The number of ether oxygens (including phenoxy) is 2. The molecular weight excluding hydrogens is 304 g/mol. The van der Waals surface area contributed by atoms with E-state index in [9.17, 15) is 4.79 Å². The lowest BCUT2D eigenvalue weighted by Gasteiger charge is -2.30. The number of anilines is 2. The van der Waals surface area contributed by atoms with Crippen molar-refractivity contribution in [1.82, 2.24) is 0 Å². The summed E-state index contributed by atoms with van der Waals surface area (Å²) in [5.41, 5.74) is 3.13. The average molecular weight is 326 g/mol. The van der Waals surface area contributed by atoms with Gasteiger partial charge in [-0.05, 0) is 24.5 Å². The maximum atomic E-state index is 12.5. The largest absolute Gasteiger partial charge is 0.497 e. The molecule has 0 aromatic heterocycles. The lowest BCUT2D eigenvalue weighted by Crippen LogP contribution is -2.36. The van der Waals surface area contributed by atoms with Crippen LogP contribution in [-0.2, 0) is 11.2 Å². The third-order valence-electron chi connectivity index (χ3n) is 4.18. The van der Waals surface area contributed by atoms with Crippen molar-refractivity contribution in [2.75, 3.05) is 37.5 Å². The number of nitrogens with one attached hydrogen (secondary N) is 1. The van der Waals surface area contributed by atoms with Crippen LogP contribution in [0.2, 0.25) is 0 Å². The minimum Gasteiger partial charge on any atom is -0.497 e. The Hall–Kier alpha value is -2.69. The van der Waals surface area contributed by atoms with Crippen molar-refractivity contribution in [1.29, 1.82) is 0 Å². The van der Waals surface area contributed by atoms with Crippen LogP contribution in [0.1, 0.15) is 12.0 Å². The smallest absolute Gasteiger partial charge is 0.243 e. The highest BCUT2D eigenvalue weighted by Crippen LogP contribution is 2.28. The van der Waals surface area contributed by atoms with E-state index in [4.69, 9.17) is 9.47 Å². The Bertz CT molecular complexity index is 708. The summed E-state index contributed by atoms with van der Waals surface area (Å²) in [6, 6.07) is 13.6. The van der Waals surface area contributed by atoms with E-state index in [1.165, 1.54) is 5.56 Å². The van der Waals surface area contributed by atoms with Crippen LogP contribution in [0.15, 0.2) is 42.5 Å². The van der Waals surface area contributed by atoms with Crippen molar-refractivity contribution in [3.8, 4) is 11.5 Å². The van der Waals surface area contributed by atoms with Gasteiger partial charge in [-0.25, -0.2) is 0 Å². The summed E-state index contributed by atoms with van der Waals surface area (Å²) in [7, 11) is 3.18. The maximum absolute atomic E-state index is 12.5. The van der Waals surface area contributed by atoms with Crippen molar-refractivity contribution in [2.45, 2.75) is 12.8 Å². The number of fused-ring (bicyclic) bond motifs is 1. The lowest BCUT2D eigenvalue weighted by molar-refractivity contribution is -0.115. The van der Waals surface area contributed by atoms with Crippen molar-refractivity contribution < 1.29 is 14.3 Å².